The zero-order chi connectivity index (χ0) is 54.4. The van der Waals surface area contributed by atoms with Crippen LogP contribution in [0.15, 0.2) is 158 Å². The lowest BCUT2D eigenvalue weighted by atomic mass is 10.1. The summed E-state index contributed by atoms with van der Waals surface area (Å²) in [6.07, 6.45) is 0. The Kier molecular flexibility index (Phi) is 13.8. The Balaban J connectivity index is 1.29. The number of aromatic hydroxyl groups is 2. The van der Waals surface area contributed by atoms with Gasteiger partial charge < -0.3 is 26.2 Å². The number of carboxylic acid groups (broad SMARTS) is 2. The molecule has 0 aliphatic carbocycles. The number of nitrogens with zero attached hydrogens (tertiary/aromatic N) is 9. The van der Waals surface area contributed by atoms with Crippen LogP contribution >= 0.6 is 0 Å². The van der Waals surface area contributed by atoms with Crippen LogP contribution in [-0.2, 0) is 40.5 Å². The first-order chi connectivity index (χ1) is 34.4. The molecule has 0 amide bonds. The van der Waals surface area contributed by atoms with Crippen molar-refractivity contribution in [2.24, 2.45) is 40.9 Å². The Morgan fingerprint density at radius 1 is 0.473 bits per heavy atom. The van der Waals surface area contributed by atoms with E-state index in [1.807, 2.05) is 0 Å². The van der Waals surface area contributed by atoms with Crippen molar-refractivity contribution in [2.75, 3.05) is 5.73 Å². The Labute approximate surface area is 412 Å². The highest BCUT2D eigenvalue weighted by molar-refractivity contribution is 7.87. The Bertz CT molecular complexity index is 4180. The maximum absolute atomic E-state index is 13.0. The van der Waals surface area contributed by atoms with Gasteiger partial charge in [-0.3, -0.25) is 28.3 Å². The monoisotopic (exact) mass is 1090 g/mol. The molecule has 7 aromatic rings. The summed E-state index contributed by atoms with van der Waals surface area (Å²) in [6.45, 7) is 0. The number of benzene rings is 7. The molecule has 0 aliphatic rings. The third kappa shape index (κ3) is 11.0. The molecule has 0 fully saturated rings. The molecule has 0 spiro atoms. The van der Waals surface area contributed by atoms with E-state index in [0.29, 0.717) is 18.2 Å². The van der Waals surface area contributed by atoms with Gasteiger partial charge in [-0.05, 0) is 78.9 Å². The van der Waals surface area contributed by atoms with Crippen molar-refractivity contribution in [1.29, 1.82) is 0 Å². The number of rotatable bonds is 15. The molecule has 34 heteroatoms. The maximum atomic E-state index is 13.0. The first-order valence-electron chi connectivity index (χ1n) is 19.4. The van der Waals surface area contributed by atoms with E-state index in [0.717, 1.165) is 54.6 Å². The summed E-state index contributed by atoms with van der Waals surface area (Å²) < 4.78 is 141. The predicted octanol–water partition coefficient (Wildman–Crippen LogP) is 8.94. The van der Waals surface area contributed by atoms with Crippen molar-refractivity contribution in [3.63, 3.8) is 0 Å². The average molecular weight is 1090 g/mol. The van der Waals surface area contributed by atoms with E-state index in [2.05, 4.69) is 40.9 Å². The number of nitrogen functional groups attached to an aromatic ring is 1. The molecule has 0 radical (unpaired) electrons. The molecule has 0 heterocycles. The number of azo groups is 4. The Morgan fingerprint density at radius 2 is 0.959 bits per heavy atom. The topological polar surface area (TPSA) is 501 Å². The zero-order valence-corrected chi connectivity index (χ0v) is 39.2. The molecule has 74 heavy (non-hydrogen) atoms. The van der Waals surface area contributed by atoms with Gasteiger partial charge in [-0.25, -0.2) is 9.59 Å². The lowest BCUT2D eigenvalue weighted by Gasteiger charge is -2.13. The van der Waals surface area contributed by atoms with Crippen LogP contribution in [0.5, 0.6) is 11.5 Å². The highest BCUT2D eigenvalue weighted by atomic mass is 32.2. The van der Waals surface area contributed by atoms with Crippen molar-refractivity contribution in [1.82, 2.24) is 0 Å². The van der Waals surface area contributed by atoms with Crippen LogP contribution in [0.25, 0.3) is 21.5 Å². The smallest absolute Gasteiger partial charge is 0.335 e. The van der Waals surface area contributed by atoms with Gasteiger partial charge in [-0.1, -0.05) is 6.07 Å². The fourth-order valence-corrected chi connectivity index (χ4v) is 9.53. The Morgan fingerprint density at radius 3 is 1.50 bits per heavy atom. The van der Waals surface area contributed by atoms with Crippen LogP contribution in [0.1, 0.15) is 20.7 Å². The van der Waals surface area contributed by atoms with Crippen molar-refractivity contribution < 1.29 is 86.8 Å². The number of phenols is 2. The van der Waals surface area contributed by atoms with Gasteiger partial charge in [0.2, 0.25) is 0 Å². The number of nitrogens with two attached hydrogens (primary N) is 1. The van der Waals surface area contributed by atoms with Crippen molar-refractivity contribution in [3.05, 3.63) is 118 Å². The minimum Gasteiger partial charge on any atom is -0.505 e. The fourth-order valence-electron chi connectivity index (χ4n) is 6.71. The SMILES string of the molecule is Nc1c(N=Nc2ccc3c(O)c(N=Nc4ccc(N=Nc5cc(C(=O)O)cc(C(=O)O)c5)cc4)c(S(=O)(=O)O)cc3c2S(=O)(=O)O)cc(S(=O)(=O)O)c2ccc(N=Nc3ccc([N+](=O)[O-])cc3S(=O)(=O)O)c(O)c12. The summed E-state index contributed by atoms with van der Waals surface area (Å²) in [6, 6.07) is 14.8. The molecule has 7 rings (SSSR count). The molecule has 0 atom stereocenters. The number of anilines is 1. The van der Waals surface area contributed by atoms with Crippen LogP contribution in [-0.4, -0.2) is 89.2 Å². The molecule has 0 bridgehead atoms. The van der Waals surface area contributed by atoms with E-state index < -0.39 is 150 Å². The van der Waals surface area contributed by atoms with Crippen LogP contribution < -0.4 is 5.73 Å². The van der Waals surface area contributed by atoms with Crippen molar-refractivity contribution >= 4 is 131 Å². The zero-order valence-electron chi connectivity index (χ0n) is 35.9. The van der Waals surface area contributed by atoms with Gasteiger partial charge in [0.15, 0.2) is 11.5 Å². The van der Waals surface area contributed by atoms with E-state index in [4.69, 9.17) is 5.73 Å². The van der Waals surface area contributed by atoms with Gasteiger partial charge >= 0.3 is 11.9 Å². The number of hydrogen-bond acceptors (Lipinski definition) is 23. The number of nitro benzene ring substituents is 1. The molecule has 0 unspecified atom stereocenters. The number of non-ortho nitro benzene ring substituents is 1. The summed E-state index contributed by atoms with van der Waals surface area (Å²) in [7, 11) is -21.5. The molecule has 0 aromatic heterocycles. The highest BCUT2D eigenvalue weighted by Crippen LogP contribution is 2.48. The largest absolute Gasteiger partial charge is 0.505 e. The summed E-state index contributed by atoms with van der Waals surface area (Å²) in [5.41, 5.74) is 0.122. The minimum absolute atomic E-state index is 0.0595. The quantitative estimate of drug-likeness (QED) is 0.0152. The Hall–Kier alpha value is -9.16. The van der Waals surface area contributed by atoms with Crippen molar-refractivity contribution in [2.45, 2.75) is 19.6 Å². The lowest BCUT2D eigenvalue weighted by Crippen LogP contribution is -2.03. The maximum Gasteiger partial charge on any atom is 0.335 e. The molecular formula is C40H26N10O20S4. The number of nitro groups is 1. The van der Waals surface area contributed by atoms with Gasteiger partial charge in [0.1, 0.15) is 48.0 Å². The van der Waals surface area contributed by atoms with Gasteiger partial charge in [0.05, 0.1) is 44.2 Å². The average Bonchev–Trinajstić information content (AvgIpc) is 3.31. The second-order valence-corrected chi connectivity index (χ2v) is 20.3. The number of fused-ring (bicyclic) bond motifs is 2. The van der Waals surface area contributed by atoms with Crippen LogP contribution in [0, 0.1) is 10.1 Å². The summed E-state index contributed by atoms with van der Waals surface area (Å²) in [5, 5.41) is 79.9. The number of aromatic carboxylic acids is 2. The van der Waals surface area contributed by atoms with Crippen LogP contribution in [0.4, 0.5) is 56.9 Å². The van der Waals surface area contributed by atoms with Gasteiger partial charge in [-0.2, -0.15) is 49.0 Å². The fraction of sp³-hybridized carbons (Fsp3) is 0. The first-order valence-corrected chi connectivity index (χ1v) is 25.2. The minimum atomic E-state index is -5.57. The predicted molar refractivity (Wildman–Crippen MR) is 251 cm³/mol. The second-order valence-electron chi connectivity index (χ2n) is 14.7. The number of phenolic OH excluding ortho intramolecular Hbond substituents is 2. The normalized spacial score (nSPS) is 12.8. The number of carboxylic acids is 2. The summed E-state index contributed by atoms with van der Waals surface area (Å²) in [5.74, 6) is -5.01. The van der Waals surface area contributed by atoms with Gasteiger partial charge in [-0.15, -0.1) is 25.6 Å². The number of hydrogen-bond donors (Lipinski definition) is 9. The van der Waals surface area contributed by atoms with E-state index in [1.54, 1.807) is 0 Å². The number of carbonyl (C=O) groups is 2. The van der Waals surface area contributed by atoms with E-state index in [9.17, 15) is 92.0 Å². The highest BCUT2D eigenvalue weighted by Gasteiger charge is 2.29. The van der Waals surface area contributed by atoms with Gasteiger partial charge in [0, 0.05) is 28.3 Å². The molecule has 10 N–H and O–H groups in total. The standard InChI is InChI=1S/C40H26N10O20S4/c41-34-29(16-30(71(59,60)61)24-7-9-27(37(52)33(24)34)46-45-26-8-5-22(50(57)58)14-31(26)72(62,63)64)48-47-28-10-6-23-25(38(28)74(68,69)70)15-32(73(65,66)67)35(36(23)51)49-43-20-3-1-19(2-4-20)42-44-21-12-17(39(53)54)11-18(13-21)40(55)56/h1-16,51-52H,41H2,(H,53,54)(H,55,56)(H,59,60,61)(H,62,63,64)(H,65,66,67)(H,68,69,70). The van der Waals surface area contributed by atoms with Gasteiger partial charge in [0.25, 0.3) is 46.2 Å². The van der Waals surface area contributed by atoms with E-state index in [1.165, 1.54) is 24.3 Å². The van der Waals surface area contributed by atoms with E-state index in [-0.39, 0.29) is 28.2 Å². The molecule has 0 saturated carbocycles. The molecule has 0 aliphatic heterocycles. The second kappa shape index (κ2) is 19.5. The first kappa shape index (κ1) is 52.7. The van der Waals surface area contributed by atoms with Crippen LogP contribution in [0.2, 0.25) is 0 Å². The summed E-state index contributed by atoms with van der Waals surface area (Å²) in [4.78, 5) is 28.4. The van der Waals surface area contributed by atoms with E-state index >= 15 is 0 Å². The molecule has 30 nitrogen and oxygen atoms in total. The molecule has 7 aromatic carbocycles. The van der Waals surface area contributed by atoms with Crippen molar-refractivity contribution in [3.8, 4) is 11.5 Å². The molecule has 0 saturated heterocycles. The summed E-state index contributed by atoms with van der Waals surface area (Å²) >= 11 is 0. The molecular weight excluding hydrogens is 1070 g/mol. The molecule has 380 valence electrons. The lowest BCUT2D eigenvalue weighted by molar-refractivity contribution is -0.385. The van der Waals surface area contributed by atoms with Crippen LogP contribution in [0.3, 0.4) is 0 Å². The third-order valence-corrected chi connectivity index (χ3v) is 13.6. The third-order valence-electron chi connectivity index (χ3n) is 9.98.